The Labute approximate surface area is 167 Å². The van der Waals surface area contributed by atoms with Crippen LogP contribution in [-0.4, -0.2) is 29.3 Å². The highest BCUT2D eigenvalue weighted by molar-refractivity contribution is 5.97. The van der Waals surface area contributed by atoms with Gasteiger partial charge in [0.05, 0.1) is 11.8 Å². The number of anilines is 1. The average molecular weight is 380 g/mol. The first-order valence-corrected chi connectivity index (χ1v) is 9.78. The number of aromatic hydroxyl groups is 1. The first-order valence-electron chi connectivity index (χ1n) is 9.78. The van der Waals surface area contributed by atoms with Gasteiger partial charge < -0.3 is 10.0 Å². The van der Waals surface area contributed by atoms with E-state index >= 15 is 0 Å². The number of para-hydroxylation sites is 1. The Kier molecular flexibility index (Phi) is 5.45. The molecule has 3 rings (SSSR count). The molecule has 5 heteroatoms. The van der Waals surface area contributed by atoms with Crippen LogP contribution in [0.2, 0.25) is 0 Å². The van der Waals surface area contributed by atoms with E-state index in [9.17, 15) is 9.90 Å². The molecule has 0 saturated carbocycles. The van der Waals surface area contributed by atoms with Crippen molar-refractivity contribution in [1.29, 1.82) is 0 Å². The van der Waals surface area contributed by atoms with Gasteiger partial charge in [-0.25, -0.2) is 5.43 Å². The number of nitrogens with zero attached hydrogens (tertiary/aromatic N) is 2. The summed E-state index contributed by atoms with van der Waals surface area (Å²) in [6.07, 6.45) is 2.77. The van der Waals surface area contributed by atoms with E-state index in [0.717, 1.165) is 24.1 Å². The Bertz CT molecular complexity index is 918. The molecule has 28 heavy (non-hydrogen) atoms. The molecule has 2 N–H and O–H groups in total. The summed E-state index contributed by atoms with van der Waals surface area (Å²) in [7, 11) is 0. The van der Waals surface area contributed by atoms with Gasteiger partial charge in [0.1, 0.15) is 5.75 Å². The van der Waals surface area contributed by atoms with Crippen molar-refractivity contribution in [3.63, 3.8) is 0 Å². The molecule has 2 aromatic rings. The number of rotatable bonds is 4. The van der Waals surface area contributed by atoms with Crippen molar-refractivity contribution in [2.45, 2.75) is 52.5 Å². The Balaban J connectivity index is 1.84. The second kappa shape index (κ2) is 7.66. The molecule has 0 spiro atoms. The standard InChI is InChI=1S/C23H29N3O2/c1-6-26-20-11-15(2)17(12-19(20)16(3)13-23(26,4)5)14-24-25-22(28)18-9-7-8-10-21(18)27/h7-12,14,16,27H,6,13H2,1-5H3,(H,25,28)/b24-14-. The van der Waals surface area contributed by atoms with Crippen LogP contribution in [0.1, 0.15) is 67.1 Å². The van der Waals surface area contributed by atoms with Gasteiger partial charge in [-0.15, -0.1) is 0 Å². The number of aryl methyl sites for hydroxylation is 1. The van der Waals surface area contributed by atoms with Crippen molar-refractivity contribution in [3.8, 4) is 5.75 Å². The van der Waals surface area contributed by atoms with E-state index in [1.165, 1.54) is 17.3 Å². The SMILES string of the molecule is CCN1c2cc(C)c(/C=N\NC(=O)c3ccccc3O)cc2C(C)CC1(C)C. The number of nitrogens with one attached hydrogen (secondary N) is 1. The number of fused-ring (bicyclic) bond motifs is 1. The molecule has 0 radical (unpaired) electrons. The van der Waals surface area contributed by atoms with Crippen LogP contribution in [0.25, 0.3) is 0 Å². The molecule has 2 aromatic carbocycles. The highest BCUT2D eigenvalue weighted by atomic mass is 16.3. The van der Waals surface area contributed by atoms with Gasteiger partial charge >= 0.3 is 0 Å². The van der Waals surface area contributed by atoms with Crippen LogP contribution in [0.3, 0.4) is 0 Å². The third kappa shape index (κ3) is 3.75. The molecule has 1 unspecified atom stereocenters. The van der Waals surface area contributed by atoms with Crippen LogP contribution >= 0.6 is 0 Å². The fraction of sp³-hybridized carbons (Fsp3) is 0.391. The zero-order valence-electron chi connectivity index (χ0n) is 17.3. The monoisotopic (exact) mass is 379 g/mol. The van der Waals surface area contributed by atoms with E-state index in [-0.39, 0.29) is 16.9 Å². The number of carbonyl (C=O) groups excluding carboxylic acids is 1. The van der Waals surface area contributed by atoms with Crippen molar-refractivity contribution in [2.75, 3.05) is 11.4 Å². The van der Waals surface area contributed by atoms with Gasteiger partial charge in [0.15, 0.2) is 0 Å². The fourth-order valence-corrected chi connectivity index (χ4v) is 4.27. The van der Waals surface area contributed by atoms with Crippen molar-refractivity contribution in [3.05, 3.63) is 58.7 Å². The summed E-state index contributed by atoms with van der Waals surface area (Å²) in [5, 5.41) is 13.9. The average Bonchev–Trinajstić information content (AvgIpc) is 2.62. The molecule has 0 aliphatic carbocycles. The molecule has 0 fully saturated rings. The first-order chi connectivity index (χ1) is 13.2. The summed E-state index contributed by atoms with van der Waals surface area (Å²) in [4.78, 5) is 14.7. The Hall–Kier alpha value is -2.82. The highest BCUT2D eigenvalue weighted by Gasteiger charge is 2.35. The van der Waals surface area contributed by atoms with Crippen molar-refractivity contribution in [2.24, 2.45) is 5.10 Å². The normalized spacial score (nSPS) is 18.2. The molecule has 1 aliphatic rings. The molecule has 1 atom stereocenters. The fourth-order valence-electron chi connectivity index (χ4n) is 4.27. The number of hydrogen-bond donors (Lipinski definition) is 2. The lowest BCUT2D eigenvalue weighted by atomic mass is 9.79. The number of hydrazone groups is 1. The molecular formula is C23H29N3O2. The second-order valence-electron chi connectivity index (χ2n) is 8.15. The molecule has 0 bridgehead atoms. The Morgan fingerprint density at radius 1 is 1.36 bits per heavy atom. The zero-order valence-corrected chi connectivity index (χ0v) is 17.3. The number of phenolic OH excluding ortho intramolecular Hbond substituents is 1. The third-order valence-corrected chi connectivity index (χ3v) is 5.61. The van der Waals surface area contributed by atoms with E-state index in [4.69, 9.17) is 0 Å². The molecule has 148 valence electrons. The van der Waals surface area contributed by atoms with Crippen LogP contribution < -0.4 is 10.3 Å². The Morgan fingerprint density at radius 2 is 2.07 bits per heavy atom. The summed E-state index contributed by atoms with van der Waals surface area (Å²) in [6, 6.07) is 10.8. The van der Waals surface area contributed by atoms with Crippen LogP contribution in [0, 0.1) is 6.92 Å². The molecule has 0 saturated heterocycles. The first kappa shape index (κ1) is 19.9. The lowest BCUT2D eigenvalue weighted by Gasteiger charge is -2.47. The lowest BCUT2D eigenvalue weighted by Crippen LogP contribution is -2.48. The topological polar surface area (TPSA) is 64.9 Å². The minimum atomic E-state index is -0.433. The van der Waals surface area contributed by atoms with E-state index in [1.807, 2.05) is 0 Å². The van der Waals surface area contributed by atoms with E-state index in [2.05, 4.69) is 62.2 Å². The van der Waals surface area contributed by atoms with E-state index < -0.39 is 5.91 Å². The smallest absolute Gasteiger partial charge is 0.275 e. The molecular weight excluding hydrogens is 350 g/mol. The van der Waals surface area contributed by atoms with Crippen LogP contribution in [0.5, 0.6) is 5.75 Å². The van der Waals surface area contributed by atoms with Gasteiger partial charge in [-0.05, 0) is 81.0 Å². The predicted octanol–water partition coefficient (Wildman–Crippen LogP) is 4.58. The van der Waals surface area contributed by atoms with Gasteiger partial charge in [-0.3, -0.25) is 4.79 Å². The van der Waals surface area contributed by atoms with Gasteiger partial charge in [-0.2, -0.15) is 5.10 Å². The highest BCUT2D eigenvalue weighted by Crippen LogP contribution is 2.43. The quantitative estimate of drug-likeness (QED) is 0.604. The van der Waals surface area contributed by atoms with E-state index in [1.54, 1.807) is 24.4 Å². The summed E-state index contributed by atoms with van der Waals surface area (Å²) >= 11 is 0. The van der Waals surface area contributed by atoms with Gasteiger partial charge in [0.2, 0.25) is 0 Å². The number of hydrogen-bond acceptors (Lipinski definition) is 4. The number of benzene rings is 2. The Morgan fingerprint density at radius 3 is 2.75 bits per heavy atom. The van der Waals surface area contributed by atoms with Gasteiger partial charge in [0.25, 0.3) is 5.91 Å². The summed E-state index contributed by atoms with van der Waals surface area (Å²) in [5.41, 5.74) is 7.55. The third-order valence-electron chi connectivity index (χ3n) is 5.61. The zero-order chi connectivity index (χ0) is 20.5. The number of carbonyl (C=O) groups is 1. The molecule has 1 heterocycles. The largest absolute Gasteiger partial charge is 0.507 e. The summed E-state index contributed by atoms with van der Waals surface area (Å²) in [5.74, 6) is -0.0371. The van der Waals surface area contributed by atoms with Crippen LogP contribution in [-0.2, 0) is 0 Å². The molecule has 1 aliphatic heterocycles. The molecule has 1 amide bonds. The minimum Gasteiger partial charge on any atom is -0.507 e. The summed E-state index contributed by atoms with van der Waals surface area (Å²) in [6.45, 7) is 12.1. The maximum Gasteiger partial charge on any atom is 0.275 e. The van der Waals surface area contributed by atoms with Gasteiger partial charge in [0, 0.05) is 17.8 Å². The lowest BCUT2D eigenvalue weighted by molar-refractivity contribution is 0.0952. The second-order valence-corrected chi connectivity index (χ2v) is 8.15. The predicted molar refractivity (Wildman–Crippen MR) is 114 cm³/mol. The van der Waals surface area contributed by atoms with Gasteiger partial charge in [-0.1, -0.05) is 19.1 Å². The molecule has 5 nitrogen and oxygen atoms in total. The summed E-state index contributed by atoms with van der Waals surface area (Å²) < 4.78 is 0. The van der Waals surface area contributed by atoms with Crippen molar-refractivity contribution < 1.29 is 9.90 Å². The minimum absolute atomic E-state index is 0.0590. The van der Waals surface area contributed by atoms with Crippen LogP contribution in [0.4, 0.5) is 5.69 Å². The maximum absolute atomic E-state index is 12.2. The van der Waals surface area contributed by atoms with Crippen LogP contribution in [0.15, 0.2) is 41.5 Å². The number of phenols is 1. The van der Waals surface area contributed by atoms with Crippen molar-refractivity contribution >= 4 is 17.8 Å². The number of amides is 1. The maximum atomic E-state index is 12.2. The molecule has 0 aromatic heterocycles. The van der Waals surface area contributed by atoms with E-state index in [0.29, 0.717) is 5.92 Å². The van der Waals surface area contributed by atoms with Crippen molar-refractivity contribution in [1.82, 2.24) is 5.43 Å².